The fourth-order valence-corrected chi connectivity index (χ4v) is 3.14. The molecular weight excluding hydrogens is 465 g/mol. The smallest absolute Gasteiger partial charge is 0.453 e. The number of hydrogen-bond acceptors (Lipinski definition) is 6. The third-order valence-corrected chi connectivity index (χ3v) is 4.79. The average Bonchev–Trinajstić information content (AvgIpc) is 2.84. The van der Waals surface area contributed by atoms with Gasteiger partial charge in [-0.2, -0.15) is 13.2 Å². The molecule has 0 N–H and O–H groups in total. The normalized spacial score (nSPS) is 11.5. The van der Waals surface area contributed by atoms with Crippen LogP contribution in [0.2, 0.25) is 0 Å². The van der Waals surface area contributed by atoms with Gasteiger partial charge in [-0.15, -0.1) is 0 Å². The van der Waals surface area contributed by atoms with Crippen LogP contribution in [0, 0.1) is 0 Å². The van der Waals surface area contributed by atoms with Gasteiger partial charge < -0.3 is 18.6 Å². The van der Waals surface area contributed by atoms with E-state index in [1.807, 2.05) is 6.07 Å². The number of methoxy groups -OCH3 is 1. The first-order chi connectivity index (χ1) is 16.7. The summed E-state index contributed by atoms with van der Waals surface area (Å²) in [4.78, 5) is 25.0. The summed E-state index contributed by atoms with van der Waals surface area (Å²) < 4.78 is 61.6. The van der Waals surface area contributed by atoms with Crippen LogP contribution in [0.25, 0.3) is 17.0 Å². The number of hydrogen-bond donors (Lipinski definition) is 0. The number of ether oxygens (including phenoxy) is 3. The first-order valence-corrected chi connectivity index (χ1v) is 10.2. The van der Waals surface area contributed by atoms with Gasteiger partial charge in [0.25, 0.3) is 5.76 Å². The highest BCUT2D eigenvalue weighted by Gasteiger charge is 2.40. The lowest BCUT2D eigenvalue weighted by atomic mass is 10.2. The molecular formula is C26H17F3O6. The Bertz CT molecular complexity index is 1440. The molecule has 0 bridgehead atoms. The Morgan fingerprint density at radius 2 is 1.57 bits per heavy atom. The van der Waals surface area contributed by atoms with Crippen molar-refractivity contribution in [3.63, 3.8) is 0 Å². The standard InChI is InChI=1S/C26H17F3O6/c1-32-17-8-10-18(11-9-17)34-24-23(31)20-13-12-19(15-21(20)35-25(24)26(27,28)29)33-22(30)14-7-16-5-3-2-4-6-16/h2-15H,1H3. The number of esters is 1. The highest BCUT2D eigenvalue weighted by Crippen LogP contribution is 2.38. The van der Waals surface area contributed by atoms with Crippen molar-refractivity contribution in [2.24, 2.45) is 0 Å². The third kappa shape index (κ3) is 5.52. The van der Waals surface area contributed by atoms with Gasteiger partial charge in [0, 0.05) is 12.1 Å². The Morgan fingerprint density at radius 3 is 2.23 bits per heavy atom. The van der Waals surface area contributed by atoms with Crippen LogP contribution in [0.5, 0.6) is 23.0 Å². The van der Waals surface area contributed by atoms with Crippen molar-refractivity contribution in [3.05, 3.63) is 100 Å². The molecule has 9 heteroatoms. The topological polar surface area (TPSA) is 75.0 Å². The van der Waals surface area contributed by atoms with Crippen LogP contribution in [-0.4, -0.2) is 13.1 Å². The molecule has 35 heavy (non-hydrogen) atoms. The number of alkyl halides is 3. The Morgan fingerprint density at radius 1 is 0.914 bits per heavy atom. The predicted octanol–water partition coefficient (Wildman–Crippen LogP) is 6.23. The maximum absolute atomic E-state index is 13.7. The van der Waals surface area contributed by atoms with E-state index in [9.17, 15) is 22.8 Å². The lowest BCUT2D eigenvalue weighted by molar-refractivity contribution is -0.154. The zero-order valence-electron chi connectivity index (χ0n) is 18.2. The Balaban J connectivity index is 1.66. The number of carbonyl (C=O) groups excluding carboxylic acids is 1. The van der Waals surface area contributed by atoms with E-state index in [1.165, 1.54) is 55.7 Å². The van der Waals surface area contributed by atoms with E-state index in [0.717, 1.165) is 11.6 Å². The van der Waals surface area contributed by atoms with E-state index < -0.39 is 34.7 Å². The fraction of sp³-hybridized carbons (Fsp3) is 0.0769. The summed E-state index contributed by atoms with van der Waals surface area (Å²) in [5, 5.41) is -0.180. The fourth-order valence-electron chi connectivity index (χ4n) is 3.14. The van der Waals surface area contributed by atoms with Crippen LogP contribution in [0.15, 0.2) is 88.1 Å². The number of carbonyl (C=O) groups is 1. The highest BCUT2D eigenvalue weighted by molar-refractivity contribution is 5.89. The van der Waals surface area contributed by atoms with E-state index in [0.29, 0.717) is 5.75 Å². The maximum atomic E-state index is 13.7. The van der Waals surface area contributed by atoms with Gasteiger partial charge in [0.05, 0.1) is 12.5 Å². The molecule has 0 radical (unpaired) electrons. The highest BCUT2D eigenvalue weighted by atomic mass is 19.4. The summed E-state index contributed by atoms with van der Waals surface area (Å²) >= 11 is 0. The molecule has 0 aliphatic rings. The molecule has 0 saturated carbocycles. The van der Waals surface area contributed by atoms with Gasteiger partial charge in [-0.25, -0.2) is 4.79 Å². The van der Waals surface area contributed by atoms with Crippen LogP contribution in [0.3, 0.4) is 0 Å². The molecule has 0 saturated heterocycles. The molecule has 1 heterocycles. The molecule has 4 aromatic rings. The van der Waals surface area contributed by atoms with E-state index in [4.69, 9.17) is 18.6 Å². The number of halogens is 3. The second kappa shape index (κ2) is 9.76. The van der Waals surface area contributed by atoms with E-state index in [1.54, 1.807) is 24.3 Å². The summed E-state index contributed by atoms with van der Waals surface area (Å²) in [7, 11) is 1.43. The molecule has 1 aromatic heterocycles. The monoisotopic (exact) mass is 482 g/mol. The predicted molar refractivity (Wildman–Crippen MR) is 122 cm³/mol. The Labute approximate surface area is 196 Å². The van der Waals surface area contributed by atoms with Crippen LogP contribution < -0.4 is 19.6 Å². The van der Waals surface area contributed by atoms with Crippen molar-refractivity contribution in [1.29, 1.82) is 0 Å². The lowest BCUT2D eigenvalue weighted by Gasteiger charge is -2.13. The Kier molecular flexibility index (Phi) is 6.59. The molecule has 0 aliphatic carbocycles. The van der Waals surface area contributed by atoms with Crippen LogP contribution in [-0.2, 0) is 11.0 Å². The average molecular weight is 482 g/mol. The second-order valence-corrected chi connectivity index (χ2v) is 7.19. The zero-order chi connectivity index (χ0) is 25.0. The number of fused-ring (bicyclic) bond motifs is 1. The minimum Gasteiger partial charge on any atom is -0.497 e. The first kappa shape index (κ1) is 23.6. The van der Waals surface area contributed by atoms with Gasteiger partial charge in [0.15, 0.2) is 0 Å². The van der Waals surface area contributed by atoms with Gasteiger partial charge in [0.2, 0.25) is 11.2 Å². The Hall–Kier alpha value is -4.53. The number of rotatable bonds is 6. The van der Waals surface area contributed by atoms with Crippen molar-refractivity contribution in [3.8, 4) is 23.0 Å². The third-order valence-electron chi connectivity index (χ3n) is 4.79. The van der Waals surface area contributed by atoms with Crippen LogP contribution in [0.1, 0.15) is 11.3 Å². The second-order valence-electron chi connectivity index (χ2n) is 7.19. The maximum Gasteiger partial charge on any atom is 0.453 e. The quantitative estimate of drug-likeness (QED) is 0.184. The molecule has 0 amide bonds. The minimum absolute atomic E-state index is 0.0151. The molecule has 0 unspecified atom stereocenters. The molecule has 4 rings (SSSR count). The molecule has 6 nitrogen and oxygen atoms in total. The van der Waals surface area contributed by atoms with E-state index in [2.05, 4.69) is 0 Å². The van der Waals surface area contributed by atoms with Crippen LogP contribution in [0.4, 0.5) is 13.2 Å². The molecule has 0 fully saturated rings. The van der Waals surface area contributed by atoms with E-state index >= 15 is 0 Å². The summed E-state index contributed by atoms with van der Waals surface area (Å²) in [6, 6.07) is 18.1. The van der Waals surface area contributed by atoms with Crippen molar-refractivity contribution in [2.75, 3.05) is 7.11 Å². The van der Waals surface area contributed by atoms with Crippen molar-refractivity contribution < 1.29 is 36.6 Å². The molecule has 178 valence electrons. The van der Waals surface area contributed by atoms with Gasteiger partial charge in [-0.1, -0.05) is 30.3 Å². The largest absolute Gasteiger partial charge is 0.497 e. The minimum atomic E-state index is -5.03. The summed E-state index contributed by atoms with van der Waals surface area (Å²) in [6.07, 6.45) is -2.34. The summed E-state index contributed by atoms with van der Waals surface area (Å²) in [5.41, 5.74) is -0.689. The lowest BCUT2D eigenvalue weighted by Crippen LogP contribution is -2.15. The number of benzene rings is 3. The molecule has 3 aromatic carbocycles. The summed E-state index contributed by atoms with van der Waals surface area (Å²) in [5.74, 6) is -3.03. The van der Waals surface area contributed by atoms with Crippen molar-refractivity contribution in [2.45, 2.75) is 6.18 Å². The van der Waals surface area contributed by atoms with E-state index in [-0.39, 0.29) is 16.9 Å². The van der Waals surface area contributed by atoms with Gasteiger partial charge >= 0.3 is 12.1 Å². The van der Waals surface area contributed by atoms with Crippen LogP contribution >= 0.6 is 0 Å². The van der Waals surface area contributed by atoms with Gasteiger partial charge in [-0.05, 0) is 48.0 Å². The van der Waals surface area contributed by atoms with Gasteiger partial charge in [0.1, 0.15) is 22.8 Å². The first-order valence-electron chi connectivity index (χ1n) is 10.2. The molecule has 0 atom stereocenters. The van der Waals surface area contributed by atoms with Crippen molar-refractivity contribution in [1.82, 2.24) is 0 Å². The SMILES string of the molecule is COc1ccc(Oc2c(C(F)(F)F)oc3cc(OC(=O)C=Cc4ccccc4)ccc3c2=O)cc1. The van der Waals surface area contributed by atoms with Crippen molar-refractivity contribution >= 4 is 23.0 Å². The molecule has 0 aliphatic heterocycles. The summed E-state index contributed by atoms with van der Waals surface area (Å²) in [6.45, 7) is 0. The molecule has 0 spiro atoms. The zero-order valence-corrected chi connectivity index (χ0v) is 18.2. The van der Waals surface area contributed by atoms with Gasteiger partial charge in [-0.3, -0.25) is 4.79 Å².